The summed E-state index contributed by atoms with van der Waals surface area (Å²) in [4.78, 5) is 55.4. The van der Waals surface area contributed by atoms with Crippen LogP contribution in [0.15, 0.2) is 24.3 Å². The van der Waals surface area contributed by atoms with Gasteiger partial charge < -0.3 is 20.1 Å². The van der Waals surface area contributed by atoms with E-state index in [1.807, 2.05) is 24.3 Å². The summed E-state index contributed by atoms with van der Waals surface area (Å²) in [5.41, 5.74) is 3.40. The van der Waals surface area contributed by atoms with E-state index in [-0.39, 0.29) is 28.0 Å². The predicted molar refractivity (Wildman–Crippen MR) is 131 cm³/mol. The van der Waals surface area contributed by atoms with Gasteiger partial charge in [0.15, 0.2) is 6.61 Å². The summed E-state index contributed by atoms with van der Waals surface area (Å²) in [6, 6.07) is 7.35. The highest BCUT2D eigenvalue weighted by Gasteiger charge is 2.28. The van der Waals surface area contributed by atoms with Crippen molar-refractivity contribution in [1.82, 2.24) is 10.3 Å². The van der Waals surface area contributed by atoms with Crippen molar-refractivity contribution in [1.29, 1.82) is 0 Å². The monoisotopic (exact) mass is 495 g/mol. The molecule has 2 amide bonds. The number of nitrogens with one attached hydrogen (secondary N) is 2. The van der Waals surface area contributed by atoms with Crippen molar-refractivity contribution in [3.05, 3.63) is 57.1 Å². The Bertz CT molecular complexity index is 1350. The first-order chi connectivity index (χ1) is 16.8. The Labute approximate surface area is 205 Å². The number of amides is 2. The number of aryl methyl sites for hydroxylation is 1. The Hall–Kier alpha value is -3.79. The largest absolute Gasteiger partial charge is 0.462 e. The third-order valence-electron chi connectivity index (χ3n) is 5.77. The lowest BCUT2D eigenvalue weighted by Crippen LogP contribution is -2.22. The van der Waals surface area contributed by atoms with E-state index >= 15 is 0 Å². The van der Waals surface area contributed by atoms with Crippen molar-refractivity contribution < 1.29 is 28.7 Å². The maximum absolute atomic E-state index is 13.1. The number of rotatable bonds is 7. The van der Waals surface area contributed by atoms with Gasteiger partial charge in [-0.3, -0.25) is 14.6 Å². The molecule has 0 saturated heterocycles. The number of carbonyl (C=O) groups excluding carboxylic acids is 4. The number of nitrogens with zero attached hydrogens (tertiary/aromatic N) is 1. The van der Waals surface area contributed by atoms with Crippen LogP contribution in [0.5, 0.6) is 0 Å². The summed E-state index contributed by atoms with van der Waals surface area (Å²) in [7, 11) is 1.47. The highest BCUT2D eigenvalue weighted by atomic mass is 32.1. The maximum atomic E-state index is 13.1. The van der Waals surface area contributed by atoms with Crippen LogP contribution in [-0.2, 0) is 27.1 Å². The van der Waals surface area contributed by atoms with Crippen molar-refractivity contribution in [3.63, 3.8) is 0 Å². The Morgan fingerprint density at radius 2 is 1.80 bits per heavy atom. The molecule has 0 aliphatic heterocycles. The number of pyridine rings is 1. The zero-order valence-electron chi connectivity index (χ0n) is 19.6. The van der Waals surface area contributed by atoms with Gasteiger partial charge in [0.25, 0.3) is 11.8 Å². The molecule has 9 nitrogen and oxygen atoms in total. The lowest BCUT2D eigenvalue weighted by Gasteiger charge is -2.12. The van der Waals surface area contributed by atoms with Gasteiger partial charge in [0, 0.05) is 18.1 Å². The zero-order valence-corrected chi connectivity index (χ0v) is 20.5. The molecule has 0 atom stereocenters. The summed E-state index contributed by atoms with van der Waals surface area (Å²) < 4.78 is 10.5. The third kappa shape index (κ3) is 4.74. The minimum Gasteiger partial charge on any atom is -0.462 e. The van der Waals surface area contributed by atoms with Gasteiger partial charge in [0.1, 0.15) is 5.00 Å². The average molecular weight is 496 g/mol. The van der Waals surface area contributed by atoms with Crippen LogP contribution in [0.3, 0.4) is 0 Å². The topological polar surface area (TPSA) is 124 Å². The quantitative estimate of drug-likeness (QED) is 0.481. The molecular formula is C25H25N3O6S. The van der Waals surface area contributed by atoms with E-state index in [1.165, 1.54) is 7.05 Å². The minimum atomic E-state index is -0.650. The molecule has 1 aromatic carbocycles. The third-order valence-corrected chi connectivity index (χ3v) is 6.98. The van der Waals surface area contributed by atoms with Crippen LogP contribution in [0.2, 0.25) is 0 Å². The minimum absolute atomic E-state index is 0.105. The fraction of sp³-hybridized carbons (Fsp3) is 0.320. The lowest BCUT2D eigenvalue weighted by atomic mass is 10.0. The normalized spacial score (nSPS) is 12.2. The van der Waals surface area contributed by atoms with E-state index in [4.69, 9.17) is 9.47 Å². The molecular weight excluding hydrogens is 470 g/mol. The highest BCUT2D eigenvalue weighted by molar-refractivity contribution is 7.18. The van der Waals surface area contributed by atoms with E-state index in [0.29, 0.717) is 22.0 Å². The first-order valence-electron chi connectivity index (χ1n) is 11.3. The molecule has 0 saturated carbocycles. The molecule has 0 unspecified atom stereocenters. The standard InChI is InChI=1S/C25H25N3O6S/c1-4-33-24(31)19-13(2)21(22(30)26-3)35-23(19)28-18(29)12-34-25(32)20-14-8-5-6-10-16(14)27-17-11-7-9-15(17)20/h5-6,8,10H,4,7,9,11-12H2,1-3H3,(H,26,30)(H,28,29). The van der Waals surface area contributed by atoms with E-state index in [9.17, 15) is 19.2 Å². The molecule has 1 aliphatic carbocycles. The van der Waals surface area contributed by atoms with Crippen molar-refractivity contribution in [2.45, 2.75) is 33.1 Å². The van der Waals surface area contributed by atoms with Gasteiger partial charge in [-0.25, -0.2) is 9.59 Å². The Morgan fingerprint density at radius 1 is 1.06 bits per heavy atom. The number of benzene rings is 1. The van der Waals surface area contributed by atoms with E-state index < -0.39 is 24.5 Å². The molecule has 0 radical (unpaired) electrons. The van der Waals surface area contributed by atoms with Gasteiger partial charge in [-0.2, -0.15) is 0 Å². The molecule has 0 spiro atoms. The van der Waals surface area contributed by atoms with Crippen LogP contribution in [0, 0.1) is 6.92 Å². The Balaban J connectivity index is 1.54. The molecule has 0 bridgehead atoms. The summed E-state index contributed by atoms with van der Waals surface area (Å²) in [5.74, 6) is -2.27. The second-order valence-corrected chi connectivity index (χ2v) is 8.99. The second-order valence-electron chi connectivity index (χ2n) is 7.97. The smallest absolute Gasteiger partial charge is 0.341 e. The number of hydrogen-bond donors (Lipinski definition) is 2. The molecule has 182 valence electrons. The molecule has 3 aromatic rings. The molecule has 4 rings (SSSR count). The molecule has 2 N–H and O–H groups in total. The second kappa shape index (κ2) is 10.2. The molecule has 0 fully saturated rings. The summed E-state index contributed by atoms with van der Waals surface area (Å²) in [6.07, 6.45) is 2.42. The summed E-state index contributed by atoms with van der Waals surface area (Å²) in [5, 5.41) is 5.96. The number of anilines is 1. The first kappa shape index (κ1) is 24.3. The number of hydrogen-bond acceptors (Lipinski definition) is 8. The molecule has 2 heterocycles. The maximum Gasteiger partial charge on any atom is 0.341 e. The number of fused-ring (bicyclic) bond motifs is 2. The predicted octanol–water partition coefficient (Wildman–Crippen LogP) is 3.43. The number of thiophene rings is 1. The lowest BCUT2D eigenvalue weighted by molar-refractivity contribution is -0.119. The Morgan fingerprint density at radius 3 is 2.54 bits per heavy atom. The van der Waals surface area contributed by atoms with E-state index in [0.717, 1.165) is 41.9 Å². The molecule has 2 aromatic heterocycles. The van der Waals surface area contributed by atoms with Gasteiger partial charge in [-0.15, -0.1) is 11.3 Å². The van der Waals surface area contributed by atoms with Crippen LogP contribution in [-0.4, -0.2) is 49.0 Å². The van der Waals surface area contributed by atoms with E-state index in [1.54, 1.807) is 13.8 Å². The number of aromatic nitrogens is 1. The highest BCUT2D eigenvalue weighted by Crippen LogP contribution is 2.34. The van der Waals surface area contributed by atoms with Gasteiger partial charge in [-0.05, 0) is 50.3 Å². The van der Waals surface area contributed by atoms with Crippen molar-refractivity contribution in [3.8, 4) is 0 Å². The van der Waals surface area contributed by atoms with Crippen molar-refractivity contribution >= 4 is 51.0 Å². The van der Waals surface area contributed by atoms with Crippen LogP contribution in [0.4, 0.5) is 5.00 Å². The van der Waals surface area contributed by atoms with Gasteiger partial charge in [0.05, 0.1) is 28.1 Å². The Kier molecular flexibility index (Phi) is 7.11. The van der Waals surface area contributed by atoms with Crippen molar-refractivity contribution in [2.75, 3.05) is 25.6 Å². The van der Waals surface area contributed by atoms with Crippen LogP contribution in [0.1, 0.15) is 60.6 Å². The number of carbonyl (C=O) groups is 4. The van der Waals surface area contributed by atoms with Crippen LogP contribution in [0.25, 0.3) is 10.9 Å². The molecule has 35 heavy (non-hydrogen) atoms. The zero-order chi connectivity index (χ0) is 25.1. The first-order valence-corrected chi connectivity index (χ1v) is 12.1. The van der Waals surface area contributed by atoms with Crippen LogP contribution >= 0.6 is 11.3 Å². The number of esters is 2. The summed E-state index contributed by atoms with van der Waals surface area (Å²) in [6.45, 7) is 2.85. The molecule has 1 aliphatic rings. The fourth-order valence-electron chi connectivity index (χ4n) is 4.19. The SMILES string of the molecule is CCOC(=O)c1c(NC(=O)COC(=O)c2c3c(nc4ccccc24)CCC3)sc(C(=O)NC)c1C. The van der Waals surface area contributed by atoms with Gasteiger partial charge >= 0.3 is 11.9 Å². The van der Waals surface area contributed by atoms with E-state index in [2.05, 4.69) is 15.6 Å². The number of ether oxygens (including phenoxy) is 2. The van der Waals surface area contributed by atoms with Crippen LogP contribution < -0.4 is 10.6 Å². The summed E-state index contributed by atoms with van der Waals surface area (Å²) >= 11 is 0.957. The van der Waals surface area contributed by atoms with Gasteiger partial charge in [0.2, 0.25) is 0 Å². The van der Waals surface area contributed by atoms with Gasteiger partial charge in [-0.1, -0.05) is 18.2 Å². The average Bonchev–Trinajstić information content (AvgIpc) is 3.44. The fourth-order valence-corrected chi connectivity index (χ4v) is 5.35. The van der Waals surface area contributed by atoms with Crippen molar-refractivity contribution in [2.24, 2.45) is 0 Å². The number of para-hydroxylation sites is 1. The molecule has 10 heteroatoms.